The molecule has 1 aromatic carbocycles. The summed E-state index contributed by atoms with van der Waals surface area (Å²) in [4.78, 5) is 23.7. The normalized spacial score (nSPS) is 12.7. The van der Waals surface area contributed by atoms with Crippen molar-refractivity contribution in [3.8, 4) is 5.75 Å². The lowest BCUT2D eigenvalue weighted by Crippen LogP contribution is -2.34. The van der Waals surface area contributed by atoms with Crippen molar-refractivity contribution < 1.29 is 9.53 Å². The molecule has 1 aromatic heterocycles. The zero-order valence-electron chi connectivity index (χ0n) is 13.1. The van der Waals surface area contributed by atoms with Crippen LogP contribution in [0.2, 0.25) is 5.02 Å². The molecule has 3 rings (SSSR count). The van der Waals surface area contributed by atoms with Crippen LogP contribution in [0.4, 0.5) is 0 Å². The second kappa shape index (κ2) is 7.49. The smallest absolute Gasteiger partial charge is 0.267 e. The van der Waals surface area contributed by atoms with Crippen LogP contribution in [0, 0.1) is 0 Å². The van der Waals surface area contributed by atoms with Gasteiger partial charge < -0.3 is 10.1 Å². The number of hydrogen-bond donors (Lipinski definition) is 1. The average Bonchev–Trinajstić information content (AvgIpc) is 3.01. The highest BCUT2D eigenvalue weighted by Crippen LogP contribution is 2.17. The summed E-state index contributed by atoms with van der Waals surface area (Å²) in [6.45, 7) is 0.585. The summed E-state index contributed by atoms with van der Waals surface area (Å²) in [6.07, 6.45) is 2.89. The van der Waals surface area contributed by atoms with E-state index in [-0.39, 0.29) is 18.1 Å². The predicted octanol–water partition coefficient (Wildman–Crippen LogP) is 1.58. The minimum atomic E-state index is -0.251. The first kappa shape index (κ1) is 16.5. The van der Waals surface area contributed by atoms with E-state index in [1.54, 1.807) is 30.3 Å². The number of ether oxygens (including phenoxy) is 1. The van der Waals surface area contributed by atoms with E-state index in [0.717, 1.165) is 30.5 Å². The molecule has 0 unspecified atom stereocenters. The molecule has 0 radical (unpaired) electrons. The number of fused-ring (bicyclic) bond motifs is 1. The highest BCUT2D eigenvalue weighted by atomic mass is 35.5. The molecule has 0 aliphatic heterocycles. The van der Waals surface area contributed by atoms with E-state index >= 15 is 0 Å². The maximum absolute atomic E-state index is 11.9. The molecule has 1 heterocycles. The summed E-state index contributed by atoms with van der Waals surface area (Å²) in [5.74, 6) is 0.324. The van der Waals surface area contributed by atoms with Crippen molar-refractivity contribution in [3.63, 3.8) is 0 Å². The molecule has 1 aliphatic carbocycles. The van der Waals surface area contributed by atoms with Gasteiger partial charge in [0.1, 0.15) is 5.75 Å². The number of aromatic nitrogens is 2. The molecule has 0 spiro atoms. The maximum Gasteiger partial charge on any atom is 0.267 e. The van der Waals surface area contributed by atoms with Crippen LogP contribution in [0.15, 0.2) is 35.1 Å². The zero-order chi connectivity index (χ0) is 16.9. The minimum Gasteiger partial charge on any atom is -0.484 e. The van der Waals surface area contributed by atoms with Crippen LogP contribution in [0.1, 0.15) is 17.7 Å². The van der Waals surface area contributed by atoms with Crippen LogP contribution < -0.4 is 15.6 Å². The molecule has 0 bridgehead atoms. The van der Waals surface area contributed by atoms with E-state index in [2.05, 4.69) is 10.4 Å². The number of hydrogen-bond acceptors (Lipinski definition) is 4. The fraction of sp³-hybridized carbons (Fsp3) is 0.353. The van der Waals surface area contributed by atoms with Gasteiger partial charge >= 0.3 is 0 Å². The number of nitrogens with zero attached hydrogens (tertiary/aromatic N) is 2. The van der Waals surface area contributed by atoms with Crippen molar-refractivity contribution in [3.05, 3.63) is 57.0 Å². The Hall–Kier alpha value is -2.34. The van der Waals surface area contributed by atoms with Crippen LogP contribution in [-0.4, -0.2) is 28.8 Å². The van der Waals surface area contributed by atoms with Gasteiger partial charge in [0.25, 0.3) is 11.5 Å². The highest BCUT2D eigenvalue weighted by molar-refractivity contribution is 6.30. The molecule has 1 aliphatic rings. The van der Waals surface area contributed by atoms with Gasteiger partial charge in [0, 0.05) is 17.6 Å². The molecule has 2 aromatic rings. The number of benzene rings is 1. The third kappa shape index (κ3) is 4.14. The Bertz CT molecular complexity index is 787. The first-order valence-corrected chi connectivity index (χ1v) is 8.24. The topological polar surface area (TPSA) is 73.2 Å². The molecule has 24 heavy (non-hydrogen) atoms. The van der Waals surface area contributed by atoms with Crippen molar-refractivity contribution >= 4 is 17.5 Å². The second-order valence-corrected chi connectivity index (χ2v) is 6.06. The molecule has 6 nitrogen and oxygen atoms in total. The summed E-state index contributed by atoms with van der Waals surface area (Å²) in [5.41, 5.74) is 1.92. The standard InChI is InChI=1S/C17H18ClN3O3/c18-13-4-6-14(7-5-13)24-11-16(22)19-8-9-21-17(23)10-12-2-1-3-15(12)20-21/h4-7,10H,1-3,8-9,11H2,(H,19,22). The van der Waals surface area contributed by atoms with Crippen LogP contribution in [0.3, 0.4) is 0 Å². The maximum atomic E-state index is 11.9. The van der Waals surface area contributed by atoms with Crippen LogP contribution in [0.5, 0.6) is 5.75 Å². The quantitative estimate of drug-likeness (QED) is 0.861. The lowest BCUT2D eigenvalue weighted by molar-refractivity contribution is -0.123. The van der Waals surface area contributed by atoms with Gasteiger partial charge in [-0.3, -0.25) is 9.59 Å². The number of nitrogens with one attached hydrogen (secondary N) is 1. The van der Waals surface area contributed by atoms with Crippen molar-refractivity contribution in [1.29, 1.82) is 0 Å². The van der Waals surface area contributed by atoms with Crippen LogP contribution in [-0.2, 0) is 24.2 Å². The molecule has 126 valence electrons. The average molecular weight is 348 g/mol. The van der Waals surface area contributed by atoms with E-state index in [1.807, 2.05) is 0 Å². The summed E-state index contributed by atoms with van der Waals surface area (Å²) in [5, 5.41) is 7.69. The summed E-state index contributed by atoms with van der Waals surface area (Å²) in [7, 11) is 0. The van der Waals surface area contributed by atoms with Crippen molar-refractivity contribution in [2.24, 2.45) is 0 Å². The van der Waals surface area contributed by atoms with Gasteiger partial charge in [-0.05, 0) is 49.1 Å². The Morgan fingerprint density at radius 3 is 2.88 bits per heavy atom. The first-order chi connectivity index (χ1) is 11.6. The molecular formula is C17H18ClN3O3. The van der Waals surface area contributed by atoms with E-state index in [1.165, 1.54) is 4.68 Å². The second-order valence-electron chi connectivity index (χ2n) is 5.62. The first-order valence-electron chi connectivity index (χ1n) is 7.87. The summed E-state index contributed by atoms with van der Waals surface area (Å²) < 4.78 is 6.76. The van der Waals surface area contributed by atoms with Crippen molar-refractivity contribution in [2.75, 3.05) is 13.2 Å². The Kier molecular flexibility index (Phi) is 5.15. The number of rotatable bonds is 6. The lowest BCUT2D eigenvalue weighted by Gasteiger charge is -2.09. The summed E-state index contributed by atoms with van der Waals surface area (Å²) in [6, 6.07) is 8.44. The fourth-order valence-corrected chi connectivity index (χ4v) is 2.76. The Labute approximate surface area is 144 Å². The monoisotopic (exact) mass is 347 g/mol. The molecular weight excluding hydrogens is 330 g/mol. The van der Waals surface area contributed by atoms with E-state index in [4.69, 9.17) is 16.3 Å². The number of aryl methyl sites for hydroxylation is 2. The largest absolute Gasteiger partial charge is 0.484 e. The van der Waals surface area contributed by atoms with E-state index in [0.29, 0.717) is 23.9 Å². The van der Waals surface area contributed by atoms with Gasteiger partial charge in [-0.25, -0.2) is 4.68 Å². The molecule has 1 amide bonds. The predicted molar refractivity (Wildman–Crippen MR) is 90.5 cm³/mol. The Morgan fingerprint density at radius 2 is 2.08 bits per heavy atom. The van der Waals surface area contributed by atoms with Gasteiger partial charge in [-0.1, -0.05) is 11.6 Å². The summed E-state index contributed by atoms with van der Waals surface area (Å²) >= 11 is 5.78. The van der Waals surface area contributed by atoms with Gasteiger partial charge in [-0.2, -0.15) is 5.10 Å². The van der Waals surface area contributed by atoms with Crippen molar-refractivity contribution in [1.82, 2.24) is 15.1 Å². The van der Waals surface area contributed by atoms with E-state index < -0.39 is 0 Å². The SMILES string of the molecule is O=C(COc1ccc(Cl)cc1)NCCn1nc2c(cc1=O)CCC2. The molecule has 0 saturated heterocycles. The minimum absolute atomic E-state index is 0.0891. The number of amides is 1. The van der Waals surface area contributed by atoms with Crippen molar-refractivity contribution in [2.45, 2.75) is 25.8 Å². The Morgan fingerprint density at radius 1 is 1.29 bits per heavy atom. The van der Waals surface area contributed by atoms with E-state index in [9.17, 15) is 9.59 Å². The number of halogens is 1. The fourth-order valence-electron chi connectivity index (χ4n) is 2.63. The molecule has 1 N–H and O–H groups in total. The highest BCUT2D eigenvalue weighted by Gasteiger charge is 2.14. The van der Waals surface area contributed by atoms with Gasteiger partial charge in [0.2, 0.25) is 0 Å². The molecule has 7 heteroatoms. The lowest BCUT2D eigenvalue weighted by atomic mass is 10.2. The zero-order valence-corrected chi connectivity index (χ0v) is 13.9. The number of carbonyl (C=O) groups excluding carboxylic acids is 1. The van der Waals surface area contributed by atoms with Gasteiger partial charge in [-0.15, -0.1) is 0 Å². The third-order valence-corrected chi connectivity index (χ3v) is 4.11. The Balaban J connectivity index is 1.45. The van der Waals surface area contributed by atoms with Crippen LogP contribution >= 0.6 is 11.6 Å². The van der Waals surface area contributed by atoms with Gasteiger partial charge in [0.15, 0.2) is 6.61 Å². The van der Waals surface area contributed by atoms with Crippen LogP contribution in [0.25, 0.3) is 0 Å². The molecule has 0 atom stereocenters. The third-order valence-electron chi connectivity index (χ3n) is 3.85. The molecule has 0 fully saturated rings. The molecule has 0 saturated carbocycles. The van der Waals surface area contributed by atoms with Gasteiger partial charge in [0.05, 0.1) is 12.2 Å². The number of carbonyl (C=O) groups is 1.